The van der Waals surface area contributed by atoms with Gasteiger partial charge in [-0.3, -0.25) is 4.90 Å². The summed E-state index contributed by atoms with van der Waals surface area (Å²) in [4.78, 5) is 10.3. The summed E-state index contributed by atoms with van der Waals surface area (Å²) in [6, 6.07) is 7.73. The van der Waals surface area contributed by atoms with Gasteiger partial charge in [0.15, 0.2) is 0 Å². The van der Waals surface area contributed by atoms with Crippen LogP contribution in [-0.4, -0.2) is 69.3 Å². The maximum Gasteiger partial charge on any atom is 0.129 e. The molecule has 2 aliphatic heterocycles. The van der Waals surface area contributed by atoms with Gasteiger partial charge in [0.2, 0.25) is 0 Å². The zero-order valence-corrected chi connectivity index (χ0v) is 21.5. The van der Waals surface area contributed by atoms with Crippen LogP contribution >= 0.6 is 0 Å². The summed E-state index contributed by atoms with van der Waals surface area (Å²) in [7, 11) is 0. The molecule has 0 aliphatic carbocycles. The maximum atomic E-state index is 5.76. The Hall–Kier alpha value is -1.99. The number of aromatic nitrogens is 4. The Morgan fingerprint density at radius 2 is 1.94 bits per heavy atom. The van der Waals surface area contributed by atoms with Crippen molar-refractivity contribution in [3.63, 3.8) is 0 Å². The van der Waals surface area contributed by atoms with Crippen LogP contribution in [0.1, 0.15) is 83.5 Å². The van der Waals surface area contributed by atoms with Crippen LogP contribution in [0.3, 0.4) is 0 Å². The van der Waals surface area contributed by atoms with E-state index in [2.05, 4.69) is 65.3 Å². The second kappa shape index (κ2) is 12.6. The van der Waals surface area contributed by atoms with E-state index in [-0.39, 0.29) is 0 Å². The molecule has 0 radical (unpaired) electrons. The summed E-state index contributed by atoms with van der Waals surface area (Å²) in [5, 5.41) is 8.71. The average molecular weight is 469 g/mol. The fourth-order valence-corrected chi connectivity index (χ4v) is 5.27. The van der Waals surface area contributed by atoms with Crippen LogP contribution in [-0.2, 0) is 17.7 Å². The first-order chi connectivity index (χ1) is 16.7. The minimum absolute atomic E-state index is 0.356. The Labute approximate surface area is 205 Å². The zero-order valence-electron chi connectivity index (χ0n) is 21.5. The summed E-state index contributed by atoms with van der Waals surface area (Å²) in [5.41, 5.74) is 2.10. The lowest BCUT2D eigenvalue weighted by molar-refractivity contribution is 0.0611. The number of rotatable bonds is 15. The van der Waals surface area contributed by atoms with Crippen molar-refractivity contribution in [3.05, 3.63) is 35.8 Å². The van der Waals surface area contributed by atoms with Gasteiger partial charge in [-0.1, -0.05) is 44.4 Å². The van der Waals surface area contributed by atoms with Crippen molar-refractivity contribution in [1.82, 2.24) is 24.9 Å². The Morgan fingerprint density at radius 1 is 1.03 bits per heavy atom. The summed E-state index contributed by atoms with van der Waals surface area (Å²) in [6.07, 6.45) is 13.3. The van der Waals surface area contributed by atoms with Gasteiger partial charge >= 0.3 is 0 Å². The van der Waals surface area contributed by atoms with Crippen molar-refractivity contribution in [2.75, 3.05) is 31.1 Å². The Balaban J connectivity index is 1.23. The van der Waals surface area contributed by atoms with Crippen LogP contribution in [0.15, 0.2) is 24.4 Å². The predicted octanol–water partition coefficient (Wildman–Crippen LogP) is 4.70. The van der Waals surface area contributed by atoms with E-state index in [1.54, 1.807) is 0 Å². The predicted molar refractivity (Wildman–Crippen MR) is 137 cm³/mol. The SMILES string of the molecule is CCCCCCN1C[C@H]2C[C@@H]1CN2c1cccc(Cn2cc(CCCCOC(C)CC)nn2)n1. The van der Waals surface area contributed by atoms with Crippen LogP contribution in [0.25, 0.3) is 0 Å². The standard InChI is InChI=1S/C27H44N6O/c1-4-6-7-9-15-31-20-26-17-25(31)21-33(26)27-14-11-13-23(28-27)18-32-19-24(29-30-32)12-8-10-16-34-22(3)5-2/h11,13-14,19,22,25-26H,4-10,12,15-18,20-21H2,1-3H3/t22?,25-,26-/m1/s1. The number of likely N-dealkylation sites (tertiary alicyclic amines) is 1. The number of unbranched alkanes of at least 4 members (excludes halogenated alkanes) is 4. The summed E-state index contributed by atoms with van der Waals surface area (Å²) < 4.78 is 7.68. The molecule has 2 fully saturated rings. The van der Waals surface area contributed by atoms with Gasteiger partial charge in [-0.25, -0.2) is 9.67 Å². The van der Waals surface area contributed by atoms with E-state index in [1.807, 2.05) is 4.68 Å². The quantitative estimate of drug-likeness (QED) is 0.353. The minimum Gasteiger partial charge on any atom is -0.379 e. The lowest BCUT2D eigenvalue weighted by atomic mass is 10.2. The first kappa shape index (κ1) is 25.1. The topological polar surface area (TPSA) is 59.3 Å². The van der Waals surface area contributed by atoms with E-state index in [9.17, 15) is 0 Å². The molecule has 7 nitrogen and oxygen atoms in total. The molecule has 4 rings (SSSR count). The molecule has 0 amide bonds. The summed E-state index contributed by atoms with van der Waals surface area (Å²) in [6.45, 7) is 11.6. The molecule has 7 heteroatoms. The molecule has 2 aromatic rings. The van der Waals surface area contributed by atoms with Gasteiger partial charge < -0.3 is 9.64 Å². The molecule has 2 bridgehead atoms. The van der Waals surface area contributed by atoms with Crippen LogP contribution < -0.4 is 4.90 Å². The van der Waals surface area contributed by atoms with Gasteiger partial charge in [0.1, 0.15) is 5.82 Å². The molecule has 2 aromatic heterocycles. The molecule has 2 aliphatic rings. The fourth-order valence-electron chi connectivity index (χ4n) is 5.27. The molecule has 1 unspecified atom stereocenters. The van der Waals surface area contributed by atoms with Crippen LogP contribution in [0.2, 0.25) is 0 Å². The van der Waals surface area contributed by atoms with Crippen molar-refractivity contribution in [2.45, 2.75) is 103 Å². The molecule has 2 saturated heterocycles. The zero-order chi connectivity index (χ0) is 23.8. The van der Waals surface area contributed by atoms with Gasteiger partial charge in [0.05, 0.1) is 24.0 Å². The third-order valence-electron chi connectivity index (χ3n) is 7.45. The number of aryl methyl sites for hydroxylation is 1. The van der Waals surface area contributed by atoms with Crippen LogP contribution in [0, 0.1) is 0 Å². The molecule has 0 spiro atoms. The lowest BCUT2D eigenvalue weighted by Crippen LogP contribution is -2.47. The Bertz CT molecular complexity index is 870. The van der Waals surface area contributed by atoms with Gasteiger partial charge in [0.25, 0.3) is 0 Å². The molecule has 3 atom stereocenters. The van der Waals surface area contributed by atoms with Gasteiger partial charge in [0, 0.05) is 38.0 Å². The largest absolute Gasteiger partial charge is 0.379 e. The first-order valence-corrected chi connectivity index (χ1v) is 13.6. The molecule has 4 heterocycles. The summed E-state index contributed by atoms with van der Waals surface area (Å²) in [5.74, 6) is 1.12. The summed E-state index contributed by atoms with van der Waals surface area (Å²) >= 11 is 0. The fraction of sp³-hybridized carbons (Fsp3) is 0.741. The average Bonchev–Trinajstić information content (AvgIpc) is 3.58. The van der Waals surface area contributed by atoms with Crippen molar-refractivity contribution >= 4 is 5.82 Å². The van der Waals surface area contributed by atoms with Gasteiger partial charge in [-0.15, -0.1) is 5.10 Å². The monoisotopic (exact) mass is 468 g/mol. The highest BCUT2D eigenvalue weighted by Crippen LogP contribution is 2.34. The third-order valence-corrected chi connectivity index (χ3v) is 7.45. The van der Waals surface area contributed by atoms with Crippen LogP contribution in [0.5, 0.6) is 0 Å². The van der Waals surface area contributed by atoms with Crippen molar-refractivity contribution in [3.8, 4) is 0 Å². The number of piperazine rings is 1. The van der Waals surface area contributed by atoms with Gasteiger partial charge in [-0.2, -0.15) is 0 Å². The number of nitrogens with zero attached hydrogens (tertiary/aromatic N) is 6. The highest BCUT2D eigenvalue weighted by molar-refractivity contribution is 5.44. The van der Waals surface area contributed by atoms with Crippen molar-refractivity contribution in [2.24, 2.45) is 0 Å². The van der Waals surface area contributed by atoms with E-state index < -0.39 is 0 Å². The van der Waals surface area contributed by atoms with E-state index in [0.29, 0.717) is 24.7 Å². The van der Waals surface area contributed by atoms with Crippen molar-refractivity contribution < 1.29 is 4.74 Å². The molecule has 34 heavy (non-hydrogen) atoms. The maximum absolute atomic E-state index is 5.76. The number of anilines is 1. The number of hydrogen-bond acceptors (Lipinski definition) is 6. The highest BCUT2D eigenvalue weighted by atomic mass is 16.5. The number of fused-ring (bicyclic) bond motifs is 2. The van der Waals surface area contributed by atoms with Crippen molar-refractivity contribution in [1.29, 1.82) is 0 Å². The molecule has 0 saturated carbocycles. The number of pyridine rings is 1. The molecule has 0 aromatic carbocycles. The first-order valence-electron chi connectivity index (χ1n) is 13.6. The Morgan fingerprint density at radius 3 is 2.74 bits per heavy atom. The van der Waals surface area contributed by atoms with E-state index in [4.69, 9.17) is 9.72 Å². The third kappa shape index (κ3) is 6.79. The molecular weight excluding hydrogens is 424 g/mol. The highest BCUT2D eigenvalue weighted by Gasteiger charge is 2.43. The minimum atomic E-state index is 0.356. The normalized spacial score (nSPS) is 21.0. The van der Waals surface area contributed by atoms with E-state index in [0.717, 1.165) is 56.0 Å². The molecule has 188 valence electrons. The molecule has 0 N–H and O–H groups in total. The molecular formula is C27H44N6O. The second-order valence-corrected chi connectivity index (χ2v) is 10.2. The number of ether oxygens (including phenoxy) is 1. The number of hydrogen-bond donors (Lipinski definition) is 0. The second-order valence-electron chi connectivity index (χ2n) is 10.2. The van der Waals surface area contributed by atoms with E-state index >= 15 is 0 Å². The van der Waals surface area contributed by atoms with Crippen LogP contribution in [0.4, 0.5) is 5.82 Å². The smallest absolute Gasteiger partial charge is 0.129 e. The van der Waals surface area contributed by atoms with Gasteiger partial charge in [-0.05, 0) is 64.1 Å². The van der Waals surface area contributed by atoms with E-state index in [1.165, 1.54) is 45.2 Å². The Kier molecular flexibility index (Phi) is 9.33. The lowest BCUT2D eigenvalue weighted by Gasteiger charge is -2.35.